The molecule has 0 saturated carbocycles. The fourth-order valence-electron chi connectivity index (χ4n) is 2.28. The zero-order valence-corrected chi connectivity index (χ0v) is 10.5. The van der Waals surface area contributed by atoms with Crippen LogP contribution in [-0.2, 0) is 0 Å². The number of hydrogen-bond donors (Lipinski definition) is 2. The fraction of sp³-hybridized carbons (Fsp3) is 0.615. The molecule has 1 aromatic heterocycles. The number of rotatable bonds is 5. The van der Waals surface area contributed by atoms with Crippen LogP contribution in [-0.4, -0.2) is 47.3 Å². The molecule has 1 aromatic rings. The van der Waals surface area contributed by atoms with Crippen LogP contribution in [0.3, 0.4) is 0 Å². The normalized spacial score (nSPS) is 20.9. The van der Waals surface area contributed by atoms with Gasteiger partial charge in [-0.05, 0) is 38.4 Å². The summed E-state index contributed by atoms with van der Waals surface area (Å²) in [7, 11) is 0. The van der Waals surface area contributed by atoms with Gasteiger partial charge in [0.05, 0.1) is 18.0 Å². The quantitative estimate of drug-likeness (QED) is 0.780. The summed E-state index contributed by atoms with van der Waals surface area (Å²) in [5, 5.41) is 12.6. The lowest BCUT2D eigenvalue weighted by Gasteiger charge is -2.29. The van der Waals surface area contributed by atoms with Gasteiger partial charge in [-0.2, -0.15) is 0 Å². The molecular weight excluding hydrogens is 233 g/mol. The Hall–Kier alpha value is -1.20. The Bertz CT molecular complexity index is 375. The molecular formula is C13H20FN3O. The van der Waals surface area contributed by atoms with Gasteiger partial charge in [0.15, 0.2) is 5.82 Å². The Morgan fingerprint density at radius 2 is 2.44 bits per heavy atom. The number of anilines is 1. The van der Waals surface area contributed by atoms with Gasteiger partial charge in [0, 0.05) is 19.3 Å². The predicted octanol–water partition coefficient (Wildman–Crippen LogP) is 1.48. The predicted molar refractivity (Wildman–Crippen MR) is 69.0 cm³/mol. The molecule has 1 aliphatic rings. The Morgan fingerprint density at radius 1 is 1.56 bits per heavy atom. The van der Waals surface area contributed by atoms with Crippen LogP contribution < -0.4 is 5.32 Å². The van der Waals surface area contributed by atoms with E-state index in [9.17, 15) is 9.50 Å². The number of likely N-dealkylation sites (tertiary alicyclic amines) is 1. The smallest absolute Gasteiger partial charge is 0.164 e. The van der Waals surface area contributed by atoms with Crippen molar-refractivity contribution in [2.45, 2.75) is 25.4 Å². The first-order valence-corrected chi connectivity index (χ1v) is 6.49. The molecule has 1 fully saturated rings. The second kappa shape index (κ2) is 6.66. The molecule has 100 valence electrons. The molecule has 0 spiro atoms. The minimum absolute atomic E-state index is 0.177. The molecule has 1 saturated heterocycles. The van der Waals surface area contributed by atoms with Crippen LogP contribution in [0.2, 0.25) is 0 Å². The Balaban J connectivity index is 1.65. The first-order valence-electron chi connectivity index (χ1n) is 6.49. The number of β-amino-alcohol motifs (C(OH)–C–C–N with tert-alkyl or cyclic N) is 1. The lowest BCUT2D eigenvalue weighted by atomic mass is 10.1. The highest BCUT2D eigenvalue weighted by molar-refractivity contribution is 5.42. The molecule has 1 aliphatic heterocycles. The summed E-state index contributed by atoms with van der Waals surface area (Å²) in [6, 6.07) is 1.64. The number of pyridine rings is 1. The second-order valence-corrected chi connectivity index (χ2v) is 4.73. The average Bonchev–Trinajstić information content (AvgIpc) is 2.37. The van der Waals surface area contributed by atoms with Crippen LogP contribution in [0.15, 0.2) is 18.5 Å². The first kappa shape index (κ1) is 13.2. The van der Waals surface area contributed by atoms with Crippen LogP contribution in [0.1, 0.15) is 19.3 Å². The number of aliphatic hydroxyl groups excluding tert-OH is 1. The molecule has 5 heteroatoms. The van der Waals surface area contributed by atoms with Crippen molar-refractivity contribution in [2.24, 2.45) is 0 Å². The molecule has 0 amide bonds. The van der Waals surface area contributed by atoms with E-state index in [-0.39, 0.29) is 11.9 Å². The molecule has 0 aromatic carbocycles. The van der Waals surface area contributed by atoms with E-state index in [1.165, 1.54) is 6.20 Å². The highest BCUT2D eigenvalue weighted by Crippen LogP contribution is 2.12. The molecule has 18 heavy (non-hydrogen) atoms. The molecule has 0 radical (unpaired) electrons. The maximum atomic E-state index is 13.3. The van der Waals surface area contributed by atoms with Crippen LogP contribution >= 0.6 is 0 Å². The summed E-state index contributed by atoms with van der Waals surface area (Å²) in [5.41, 5.74) is 0.503. The standard InChI is InChI=1S/C13H20FN3O/c14-12-9-15-6-4-13(12)16-5-2-8-17-7-1-3-11(18)10-17/h4,6,9,11,18H,1-3,5,7-8,10H2,(H,15,16). The third-order valence-corrected chi connectivity index (χ3v) is 3.22. The SMILES string of the molecule is OC1CCCN(CCCNc2ccncc2F)C1. The summed E-state index contributed by atoms with van der Waals surface area (Å²) in [6.07, 6.45) is 5.53. The Labute approximate surface area is 107 Å². The van der Waals surface area contributed by atoms with E-state index in [2.05, 4.69) is 15.2 Å². The topological polar surface area (TPSA) is 48.4 Å². The van der Waals surface area contributed by atoms with E-state index in [0.29, 0.717) is 5.69 Å². The van der Waals surface area contributed by atoms with E-state index < -0.39 is 0 Å². The lowest BCUT2D eigenvalue weighted by molar-refractivity contribution is 0.0706. The highest BCUT2D eigenvalue weighted by Gasteiger charge is 2.16. The van der Waals surface area contributed by atoms with Crippen molar-refractivity contribution in [3.8, 4) is 0 Å². The zero-order valence-electron chi connectivity index (χ0n) is 10.5. The number of aromatic nitrogens is 1. The van der Waals surface area contributed by atoms with Gasteiger partial charge in [-0.15, -0.1) is 0 Å². The Morgan fingerprint density at radius 3 is 3.22 bits per heavy atom. The molecule has 0 bridgehead atoms. The lowest BCUT2D eigenvalue weighted by Crippen LogP contribution is -2.39. The van der Waals surface area contributed by atoms with E-state index in [0.717, 1.165) is 45.4 Å². The van der Waals surface area contributed by atoms with E-state index in [1.807, 2.05) is 0 Å². The van der Waals surface area contributed by atoms with Gasteiger partial charge in [-0.3, -0.25) is 4.98 Å². The van der Waals surface area contributed by atoms with Crippen LogP contribution in [0.5, 0.6) is 0 Å². The zero-order chi connectivity index (χ0) is 12.8. The van der Waals surface area contributed by atoms with Gasteiger partial charge in [-0.1, -0.05) is 0 Å². The maximum Gasteiger partial charge on any atom is 0.164 e. The minimum atomic E-state index is -0.314. The van der Waals surface area contributed by atoms with Crippen molar-refractivity contribution in [3.05, 3.63) is 24.3 Å². The summed E-state index contributed by atoms with van der Waals surface area (Å²) in [5.74, 6) is -0.314. The summed E-state index contributed by atoms with van der Waals surface area (Å²) < 4.78 is 13.3. The number of nitrogens with one attached hydrogen (secondary N) is 1. The molecule has 2 heterocycles. The monoisotopic (exact) mass is 253 g/mol. The van der Waals surface area contributed by atoms with Crippen LogP contribution in [0.4, 0.5) is 10.1 Å². The van der Waals surface area contributed by atoms with Gasteiger partial charge in [0.1, 0.15) is 0 Å². The maximum absolute atomic E-state index is 13.3. The number of aliphatic hydroxyl groups is 1. The summed E-state index contributed by atoms with van der Waals surface area (Å²) >= 11 is 0. The van der Waals surface area contributed by atoms with Crippen LogP contribution in [0.25, 0.3) is 0 Å². The van der Waals surface area contributed by atoms with Crippen molar-refractivity contribution in [2.75, 3.05) is 31.5 Å². The third-order valence-electron chi connectivity index (χ3n) is 3.22. The van der Waals surface area contributed by atoms with Crippen molar-refractivity contribution in [1.82, 2.24) is 9.88 Å². The minimum Gasteiger partial charge on any atom is -0.392 e. The van der Waals surface area contributed by atoms with Gasteiger partial charge in [0.2, 0.25) is 0 Å². The second-order valence-electron chi connectivity index (χ2n) is 4.73. The number of halogens is 1. The number of hydrogen-bond acceptors (Lipinski definition) is 4. The fourth-order valence-corrected chi connectivity index (χ4v) is 2.28. The molecule has 1 atom stereocenters. The van der Waals surface area contributed by atoms with Gasteiger partial charge >= 0.3 is 0 Å². The molecule has 2 N–H and O–H groups in total. The number of piperidine rings is 1. The molecule has 2 rings (SSSR count). The molecule has 0 aliphatic carbocycles. The average molecular weight is 253 g/mol. The third kappa shape index (κ3) is 3.92. The van der Waals surface area contributed by atoms with Gasteiger partial charge in [0.25, 0.3) is 0 Å². The van der Waals surface area contributed by atoms with E-state index in [4.69, 9.17) is 0 Å². The van der Waals surface area contributed by atoms with Crippen molar-refractivity contribution < 1.29 is 9.50 Å². The van der Waals surface area contributed by atoms with Crippen molar-refractivity contribution in [1.29, 1.82) is 0 Å². The molecule has 4 nitrogen and oxygen atoms in total. The van der Waals surface area contributed by atoms with Crippen molar-refractivity contribution >= 4 is 5.69 Å². The number of nitrogens with zero attached hydrogens (tertiary/aromatic N) is 2. The largest absolute Gasteiger partial charge is 0.392 e. The molecule has 1 unspecified atom stereocenters. The Kier molecular flexibility index (Phi) is 4.90. The van der Waals surface area contributed by atoms with Crippen molar-refractivity contribution in [3.63, 3.8) is 0 Å². The summed E-state index contributed by atoms with van der Waals surface area (Å²) in [4.78, 5) is 5.97. The van der Waals surface area contributed by atoms with E-state index in [1.54, 1.807) is 12.3 Å². The van der Waals surface area contributed by atoms with Gasteiger partial charge in [-0.25, -0.2) is 4.39 Å². The highest BCUT2D eigenvalue weighted by atomic mass is 19.1. The van der Waals surface area contributed by atoms with Gasteiger partial charge < -0.3 is 15.3 Å². The first-order chi connectivity index (χ1) is 8.75. The van der Waals surface area contributed by atoms with E-state index >= 15 is 0 Å². The van der Waals surface area contributed by atoms with Crippen LogP contribution in [0, 0.1) is 5.82 Å². The summed E-state index contributed by atoms with van der Waals surface area (Å²) in [6.45, 7) is 3.49.